The van der Waals surface area contributed by atoms with E-state index < -0.39 is 5.60 Å². The molecule has 5 nitrogen and oxygen atoms in total. The predicted octanol–water partition coefficient (Wildman–Crippen LogP) is 4.07. The van der Waals surface area contributed by atoms with Crippen molar-refractivity contribution in [2.24, 2.45) is 0 Å². The maximum absolute atomic E-state index is 12.2. The third-order valence-electron chi connectivity index (χ3n) is 4.70. The highest BCUT2D eigenvalue weighted by Gasteiger charge is 2.28. The summed E-state index contributed by atoms with van der Waals surface area (Å²) in [5.74, 6) is 0. The van der Waals surface area contributed by atoms with Gasteiger partial charge in [-0.1, -0.05) is 6.07 Å². The molecule has 25 heavy (non-hydrogen) atoms. The Morgan fingerprint density at radius 2 is 1.92 bits per heavy atom. The molecule has 134 valence electrons. The fraction of sp³-hybridized carbons (Fsp3) is 0.500. The number of piperidine rings is 1. The van der Waals surface area contributed by atoms with E-state index in [1.54, 1.807) is 0 Å². The molecule has 2 aromatic rings. The fourth-order valence-corrected chi connectivity index (χ4v) is 3.26. The lowest BCUT2D eigenvalue weighted by molar-refractivity contribution is 0.0205. The molecule has 1 aliphatic heterocycles. The van der Waals surface area contributed by atoms with E-state index in [9.17, 15) is 4.79 Å². The summed E-state index contributed by atoms with van der Waals surface area (Å²) in [6, 6.07) is 8.93. The minimum Gasteiger partial charge on any atom is -0.444 e. The third kappa shape index (κ3) is 4.21. The van der Waals surface area contributed by atoms with Gasteiger partial charge in [0.2, 0.25) is 0 Å². The largest absolute Gasteiger partial charge is 0.444 e. The monoisotopic (exact) mass is 341 g/mol. The van der Waals surface area contributed by atoms with Crippen LogP contribution in [0.1, 0.15) is 33.6 Å². The number of likely N-dealkylation sites (tertiary alicyclic amines) is 1. The van der Waals surface area contributed by atoms with E-state index >= 15 is 0 Å². The first-order chi connectivity index (χ1) is 11.8. The Morgan fingerprint density at radius 3 is 2.60 bits per heavy atom. The first-order valence-corrected chi connectivity index (χ1v) is 8.88. The van der Waals surface area contributed by atoms with Gasteiger partial charge in [-0.15, -0.1) is 0 Å². The molecule has 1 saturated heterocycles. The fourth-order valence-electron chi connectivity index (χ4n) is 3.26. The number of pyridine rings is 1. The van der Waals surface area contributed by atoms with E-state index in [0.29, 0.717) is 6.04 Å². The zero-order chi connectivity index (χ0) is 18.0. The first-order valence-electron chi connectivity index (χ1n) is 8.88. The van der Waals surface area contributed by atoms with Gasteiger partial charge in [-0.05, 0) is 57.2 Å². The summed E-state index contributed by atoms with van der Waals surface area (Å²) in [4.78, 5) is 20.5. The predicted molar refractivity (Wildman–Crippen MR) is 101 cm³/mol. The Morgan fingerprint density at radius 1 is 1.20 bits per heavy atom. The summed E-state index contributed by atoms with van der Waals surface area (Å²) in [5.41, 5.74) is 0.763. The van der Waals surface area contributed by atoms with Crippen molar-refractivity contribution in [2.45, 2.75) is 45.3 Å². The summed E-state index contributed by atoms with van der Waals surface area (Å²) >= 11 is 0. The van der Waals surface area contributed by atoms with Gasteiger partial charge in [0.1, 0.15) is 5.60 Å². The third-order valence-corrected chi connectivity index (χ3v) is 4.70. The molecule has 5 heteroatoms. The highest BCUT2D eigenvalue weighted by Crippen LogP contribution is 2.26. The number of carbonyl (C=O) groups excluding carboxylic acids is 1. The molecule has 1 aliphatic rings. The van der Waals surface area contributed by atoms with Gasteiger partial charge in [-0.2, -0.15) is 0 Å². The number of nitrogens with zero attached hydrogens (tertiary/aromatic N) is 3. The molecule has 1 amide bonds. The average molecular weight is 341 g/mol. The molecule has 0 N–H and O–H groups in total. The van der Waals surface area contributed by atoms with Crippen LogP contribution in [0.25, 0.3) is 10.8 Å². The van der Waals surface area contributed by atoms with Crippen LogP contribution < -0.4 is 4.90 Å². The molecule has 2 heterocycles. The Hall–Kier alpha value is -2.30. The van der Waals surface area contributed by atoms with Gasteiger partial charge in [-0.3, -0.25) is 4.98 Å². The lowest BCUT2D eigenvalue weighted by Gasteiger charge is -2.38. The number of hydrogen-bond acceptors (Lipinski definition) is 4. The van der Waals surface area contributed by atoms with Crippen molar-refractivity contribution in [3.05, 3.63) is 36.7 Å². The zero-order valence-corrected chi connectivity index (χ0v) is 15.5. The van der Waals surface area contributed by atoms with E-state index in [0.717, 1.165) is 31.3 Å². The minimum atomic E-state index is -0.440. The molecule has 1 aromatic carbocycles. The van der Waals surface area contributed by atoms with Gasteiger partial charge in [0.15, 0.2) is 0 Å². The summed E-state index contributed by atoms with van der Waals surface area (Å²) < 4.78 is 5.47. The van der Waals surface area contributed by atoms with Crippen molar-refractivity contribution in [3.8, 4) is 0 Å². The summed E-state index contributed by atoms with van der Waals surface area (Å²) in [6.07, 6.45) is 5.41. The zero-order valence-electron chi connectivity index (χ0n) is 15.5. The molecule has 1 fully saturated rings. The van der Waals surface area contributed by atoms with Crippen LogP contribution in [0, 0.1) is 0 Å². The number of rotatable bonds is 2. The quantitative estimate of drug-likeness (QED) is 0.826. The van der Waals surface area contributed by atoms with Gasteiger partial charge in [-0.25, -0.2) is 4.79 Å². The van der Waals surface area contributed by atoms with Crippen molar-refractivity contribution >= 4 is 22.6 Å². The number of benzene rings is 1. The van der Waals surface area contributed by atoms with Crippen LogP contribution in [0.2, 0.25) is 0 Å². The van der Waals surface area contributed by atoms with Crippen molar-refractivity contribution in [3.63, 3.8) is 0 Å². The number of amides is 1. The Kier molecular flexibility index (Phi) is 4.84. The molecule has 0 spiro atoms. The topological polar surface area (TPSA) is 45.7 Å². The molecule has 0 atom stereocenters. The van der Waals surface area contributed by atoms with Gasteiger partial charge >= 0.3 is 6.09 Å². The maximum atomic E-state index is 12.2. The highest BCUT2D eigenvalue weighted by molar-refractivity contribution is 5.85. The lowest BCUT2D eigenvalue weighted by atomic mass is 10.0. The summed E-state index contributed by atoms with van der Waals surface area (Å²) in [6.45, 7) is 7.19. The molecule has 1 aromatic heterocycles. The van der Waals surface area contributed by atoms with Crippen LogP contribution in [-0.2, 0) is 4.74 Å². The maximum Gasteiger partial charge on any atom is 0.410 e. The smallest absolute Gasteiger partial charge is 0.410 e. The number of aromatic nitrogens is 1. The second-order valence-corrected chi connectivity index (χ2v) is 7.72. The number of fused-ring (bicyclic) bond motifs is 1. The van der Waals surface area contributed by atoms with Crippen LogP contribution >= 0.6 is 0 Å². The van der Waals surface area contributed by atoms with Gasteiger partial charge in [0.25, 0.3) is 0 Å². The van der Waals surface area contributed by atoms with E-state index in [1.165, 1.54) is 11.1 Å². The molecule has 3 rings (SSSR count). The Labute approximate surface area is 149 Å². The van der Waals surface area contributed by atoms with E-state index in [4.69, 9.17) is 4.74 Å². The molecule has 0 bridgehead atoms. The normalized spacial score (nSPS) is 16.1. The Bertz CT molecular complexity index is 746. The van der Waals surface area contributed by atoms with E-state index in [2.05, 4.69) is 35.1 Å². The highest BCUT2D eigenvalue weighted by atomic mass is 16.6. The van der Waals surface area contributed by atoms with Crippen molar-refractivity contribution in [1.29, 1.82) is 0 Å². The second-order valence-electron chi connectivity index (χ2n) is 7.72. The molecular formula is C20H27N3O2. The summed E-state index contributed by atoms with van der Waals surface area (Å²) in [7, 11) is 2.14. The standard InChI is InChI=1S/C20H27N3O2/c1-20(2,3)25-19(24)23-11-8-17(9-12-23)22(4)18-6-5-16-14-21-10-7-15(16)13-18/h5-7,10,13-14,17H,8-9,11-12H2,1-4H3. The average Bonchev–Trinajstić information content (AvgIpc) is 2.59. The SMILES string of the molecule is CN(c1ccc2cnccc2c1)C1CCN(C(=O)OC(C)(C)C)CC1. The second kappa shape index (κ2) is 6.90. The molecule has 0 unspecified atom stereocenters. The van der Waals surface area contributed by atoms with E-state index in [1.807, 2.05) is 44.1 Å². The van der Waals surface area contributed by atoms with Crippen LogP contribution in [0.3, 0.4) is 0 Å². The molecular weight excluding hydrogens is 314 g/mol. The van der Waals surface area contributed by atoms with Crippen LogP contribution in [0.4, 0.5) is 10.5 Å². The summed E-state index contributed by atoms with van der Waals surface area (Å²) in [5, 5.41) is 2.35. The van der Waals surface area contributed by atoms with E-state index in [-0.39, 0.29) is 6.09 Å². The first kappa shape index (κ1) is 17.5. The number of carbonyl (C=O) groups is 1. The Balaban J connectivity index is 1.62. The number of ether oxygens (including phenoxy) is 1. The van der Waals surface area contributed by atoms with Gasteiger partial charge in [0, 0.05) is 49.6 Å². The van der Waals surface area contributed by atoms with Crippen LogP contribution in [-0.4, -0.2) is 47.8 Å². The molecule has 0 aliphatic carbocycles. The number of anilines is 1. The van der Waals surface area contributed by atoms with Crippen molar-refractivity contribution < 1.29 is 9.53 Å². The molecule has 0 radical (unpaired) electrons. The molecule has 0 saturated carbocycles. The van der Waals surface area contributed by atoms with Crippen LogP contribution in [0.15, 0.2) is 36.7 Å². The van der Waals surface area contributed by atoms with Crippen LogP contribution in [0.5, 0.6) is 0 Å². The van der Waals surface area contributed by atoms with Gasteiger partial charge in [0.05, 0.1) is 0 Å². The minimum absolute atomic E-state index is 0.202. The van der Waals surface area contributed by atoms with Crippen molar-refractivity contribution in [2.75, 3.05) is 25.0 Å². The lowest BCUT2D eigenvalue weighted by Crippen LogP contribution is -2.47. The van der Waals surface area contributed by atoms with Gasteiger partial charge < -0.3 is 14.5 Å². The number of hydrogen-bond donors (Lipinski definition) is 0. The van der Waals surface area contributed by atoms with Crippen molar-refractivity contribution in [1.82, 2.24) is 9.88 Å².